The van der Waals surface area contributed by atoms with E-state index in [1.165, 1.54) is 0 Å². The number of imidazole rings is 1. The molecule has 1 aromatic carbocycles. The average Bonchev–Trinajstić information content (AvgIpc) is 3.53. The van der Waals surface area contributed by atoms with E-state index >= 15 is 0 Å². The molecule has 0 bridgehead atoms. The molecule has 5 aromatic rings. The number of nitrogens with zero attached hydrogens (tertiary/aromatic N) is 6. The number of para-hydroxylation sites is 1. The molecule has 30 heavy (non-hydrogen) atoms. The molecule has 148 valence electrons. The first-order valence-electron chi connectivity index (χ1n) is 9.66. The van der Waals surface area contributed by atoms with Gasteiger partial charge in [-0.3, -0.25) is 4.98 Å². The Morgan fingerprint density at radius 2 is 2.03 bits per heavy atom. The van der Waals surface area contributed by atoms with Gasteiger partial charge in [0.05, 0.1) is 18.2 Å². The molecule has 0 unspecified atom stereocenters. The number of aryl methyl sites for hydroxylation is 1. The molecule has 1 atom stereocenters. The summed E-state index contributed by atoms with van der Waals surface area (Å²) in [6, 6.07) is 8.15. The molecule has 1 N–H and O–H groups in total. The van der Waals surface area contributed by atoms with Crippen LogP contribution < -0.4 is 4.90 Å². The molecule has 0 fully saturated rings. The van der Waals surface area contributed by atoms with Crippen LogP contribution in [0.3, 0.4) is 0 Å². The van der Waals surface area contributed by atoms with Crippen molar-refractivity contribution in [1.29, 1.82) is 0 Å². The van der Waals surface area contributed by atoms with Crippen LogP contribution >= 0.6 is 0 Å². The van der Waals surface area contributed by atoms with Crippen molar-refractivity contribution in [2.75, 3.05) is 11.4 Å². The van der Waals surface area contributed by atoms with Crippen LogP contribution in [-0.4, -0.2) is 36.7 Å². The smallest absolute Gasteiger partial charge is 0.319 e. The summed E-state index contributed by atoms with van der Waals surface area (Å²) in [6.07, 6.45) is 7.30. The lowest BCUT2D eigenvalue weighted by Crippen LogP contribution is -2.36. The minimum atomic E-state index is -0.275. The Morgan fingerprint density at radius 3 is 2.90 bits per heavy atom. The predicted molar refractivity (Wildman–Crippen MR) is 108 cm³/mol. The van der Waals surface area contributed by atoms with Crippen LogP contribution in [0.25, 0.3) is 22.6 Å². The molecule has 0 aliphatic carbocycles. The zero-order valence-corrected chi connectivity index (χ0v) is 16.1. The normalized spacial score (nSPS) is 16.2. The van der Waals surface area contributed by atoms with E-state index in [9.17, 15) is 0 Å². The lowest BCUT2D eigenvalue weighted by molar-refractivity contribution is 0.451. The van der Waals surface area contributed by atoms with E-state index in [-0.39, 0.29) is 6.04 Å². The summed E-state index contributed by atoms with van der Waals surface area (Å²) >= 11 is 0. The van der Waals surface area contributed by atoms with E-state index in [1.807, 2.05) is 23.1 Å². The van der Waals surface area contributed by atoms with Crippen molar-refractivity contribution in [3.63, 3.8) is 0 Å². The highest BCUT2D eigenvalue weighted by molar-refractivity contribution is 5.82. The van der Waals surface area contributed by atoms with Gasteiger partial charge in [-0.15, -0.1) is 5.10 Å². The number of benzene rings is 1. The van der Waals surface area contributed by atoms with Crippen molar-refractivity contribution in [2.24, 2.45) is 0 Å². The number of anilines is 1. The van der Waals surface area contributed by atoms with Crippen molar-refractivity contribution >= 4 is 17.0 Å². The Balaban J connectivity index is 1.48. The van der Waals surface area contributed by atoms with E-state index < -0.39 is 0 Å². The number of aromatic amines is 1. The van der Waals surface area contributed by atoms with Crippen LogP contribution in [0.2, 0.25) is 0 Å². The summed E-state index contributed by atoms with van der Waals surface area (Å²) in [5.74, 6) is 1.15. The fraction of sp³-hybridized carbons (Fsp3) is 0.190. The zero-order valence-electron chi connectivity index (χ0n) is 16.1. The third-order valence-electron chi connectivity index (χ3n) is 5.50. The summed E-state index contributed by atoms with van der Waals surface area (Å²) in [5.41, 5.74) is 4.45. The second kappa shape index (κ2) is 6.51. The number of hydrogen-bond acceptors (Lipinski definition) is 8. The fourth-order valence-corrected chi connectivity index (χ4v) is 4.05. The maximum Gasteiger partial charge on any atom is 0.319 e. The van der Waals surface area contributed by atoms with E-state index in [4.69, 9.17) is 8.83 Å². The molecule has 0 spiro atoms. The molecule has 5 heterocycles. The van der Waals surface area contributed by atoms with Crippen molar-refractivity contribution in [1.82, 2.24) is 30.1 Å². The van der Waals surface area contributed by atoms with Gasteiger partial charge in [0.1, 0.15) is 23.1 Å². The monoisotopic (exact) mass is 399 g/mol. The molecular formula is C21H17N7O2. The van der Waals surface area contributed by atoms with Gasteiger partial charge < -0.3 is 18.7 Å². The number of furan rings is 1. The molecule has 6 rings (SSSR count). The van der Waals surface area contributed by atoms with E-state index in [0.717, 1.165) is 40.1 Å². The lowest BCUT2D eigenvalue weighted by atomic mass is 9.98. The van der Waals surface area contributed by atoms with Crippen LogP contribution in [0, 0.1) is 6.92 Å². The molecule has 0 saturated heterocycles. The molecule has 1 aliphatic heterocycles. The minimum absolute atomic E-state index is 0.275. The molecule has 9 heteroatoms. The number of fused-ring (bicyclic) bond motifs is 2. The average molecular weight is 399 g/mol. The molecule has 4 aromatic heterocycles. The highest BCUT2D eigenvalue weighted by Gasteiger charge is 2.37. The summed E-state index contributed by atoms with van der Waals surface area (Å²) in [4.78, 5) is 18.2. The maximum absolute atomic E-state index is 6.30. The number of hydrogen-bond donors (Lipinski definition) is 1. The van der Waals surface area contributed by atoms with Crippen molar-refractivity contribution < 1.29 is 8.83 Å². The first kappa shape index (κ1) is 16.9. The van der Waals surface area contributed by atoms with Crippen LogP contribution in [-0.2, 0) is 6.42 Å². The van der Waals surface area contributed by atoms with Crippen molar-refractivity contribution in [2.45, 2.75) is 19.4 Å². The van der Waals surface area contributed by atoms with Crippen LogP contribution in [0.1, 0.15) is 28.8 Å². The van der Waals surface area contributed by atoms with Gasteiger partial charge in [-0.05, 0) is 13.0 Å². The molecular weight excluding hydrogens is 382 g/mol. The molecule has 9 nitrogen and oxygen atoms in total. The number of H-pyrrole nitrogens is 1. The number of nitrogens with one attached hydrogen (secondary N) is 1. The van der Waals surface area contributed by atoms with Gasteiger partial charge in [0.2, 0.25) is 0 Å². The Kier molecular flexibility index (Phi) is 3.67. The minimum Gasteiger partial charge on any atom is -0.458 e. The summed E-state index contributed by atoms with van der Waals surface area (Å²) < 4.78 is 12.3. The first-order valence-corrected chi connectivity index (χ1v) is 9.66. The van der Waals surface area contributed by atoms with Crippen LogP contribution in [0.4, 0.5) is 6.01 Å². The lowest BCUT2D eigenvalue weighted by Gasteiger charge is -2.32. The van der Waals surface area contributed by atoms with Gasteiger partial charge in [-0.1, -0.05) is 23.3 Å². The van der Waals surface area contributed by atoms with Gasteiger partial charge in [0, 0.05) is 42.0 Å². The second-order valence-corrected chi connectivity index (χ2v) is 7.18. The third-order valence-corrected chi connectivity index (χ3v) is 5.50. The fourth-order valence-electron chi connectivity index (χ4n) is 4.05. The van der Waals surface area contributed by atoms with E-state index in [2.05, 4.69) is 43.1 Å². The molecule has 0 saturated carbocycles. The van der Waals surface area contributed by atoms with Gasteiger partial charge >= 0.3 is 6.01 Å². The number of rotatable bonds is 3. The van der Waals surface area contributed by atoms with E-state index in [1.54, 1.807) is 24.9 Å². The highest BCUT2D eigenvalue weighted by atomic mass is 16.4. The molecule has 0 radical (unpaired) electrons. The van der Waals surface area contributed by atoms with Gasteiger partial charge in [-0.25, -0.2) is 9.97 Å². The molecule has 0 amide bonds. The van der Waals surface area contributed by atoms with Crippen molar-refractivity contribution in [3.8, 4) is 11.6 Å². The molecule has 1 aliphatic rings. The van der Waals surface area contributed by atoms with Gasteiger partial charge in [0.15, 0.2) is 0 Å². The Hall–Kier alpha value is -4.01. The quantitative estimate of drug-likeness (QED) is 0.491. The standard InChI is InChI=1S/C21H17N7O2/c1-12-13-4-2-3-5-16(13)29-19(12)18-17-14(24-11-25-17)6-9-28(18)21-27-26-20(30-21)15-10-22-7-8-23-15/h2-5,7-8,10-11,18H,6,9H2,1H3,(H,24,25)/t18-/m0/s1. The maximum atomic E-state index is 6.30. The Morgan fingerprint density at radius 1 is 1.10 bits per heavy atom. The van der Waals surface area contributed by atoms with Crippen molar-refractivity contribution in [3.05, 3.63) is 71.9 Å². The Labute approximate surface area is 170 Å². The van der Waals surface area contributed by atoms with Crippen LogP contribution in [0.15, 0.2) is 58.0 Å². The van der Waals surface area contributed by atoms with Crippen LogP contribution in [0.5, 0.6) is 0 Å². The predicted octanol–water partition coefficient (Wildman–Crippen LogP) is 3.46. The Bertz CT molecular complexity index is 1340. The topological polar surface area (TPSA) is 110 Å². The highest BCUT2D eigenvalue weighted by Crippen LogP contribution is 2.41. The summed E-state index contributed by atoms with van der Waals surface area (Å²) in [7, 11) is 0. The summed E-state index contributed by atoms with van der Waals surface area (Å²) in [5, 5.41) is 9.56. The summed E-state index contributed by atoms with van der Waals surface area (Å²) in [6.45, 7) is 2.75. The van der Waals surface area contributed by atoms with Gasteiger partial charge in [-0.2, -0.15) is 0 Å². The largest absolute Gasteiger partial charge is 0.458 e. The third kappa shape index (κ3) is 2.52. The number of aromatic nitrogens is 6. The SMILES string of the molecule is Cc1c([C@@H]2c3nc[nH]c3CCN2c2nnc(-c3cnccn3)o2)oc2ccccc12. The first-order chi connectivity index (χ1) is 14.8. The second-order valence-electron chi connectivity index (χ2n) is 7.18. The van der Waals surface area contributed by atoms with E-state index in [0.29, 0.717) is 24.1 Å². The zero-order chi connectivity index (χ0) is 20.1. The van der Waals surface area contributed by atoms with Gasteiger partial charge in [0.25, 0.3) is 5.89 Å².